The molecule has 1 aliphatic heterocycles. The van der Waals surface area contributed by atoms with E-state index in [-0.39, 0.29) is 5.91 Å². The molecule has 1 heterocycles. The van der Waals surface area contributed by atoms with Crippen LogP contribution in [0.1, 0.15) is 37.0 Å². The predicted octanol–water partition coefficient (Wildman–Crippen LogP) is 3.30. The van der Waals surface area contributed by atoms with E-state index >= 15 is 0 Å². The van der Waals surface area contributed by atoms with Gasteiger partial charge in [-0.05, 0) is 43.5 Å². The Labute approximate surface area is 129 Å². The summed E-state index contributed by atoms with van der Waals surface area (Å²) in [6.45, 7) is 7.06. The van der Waals surface area contributed by atoms with Crippen molar-refractivity contribution in [3.8, 4) is 0 Å². The highest BCUT2D eigenvalue weighted by Gasteiger charge is 2.24. The highest BCUT2D eigenvalue weighted by Crippen LogP contribution is 2.20. The average molecular weight is 339 g/mol. The minimum atomic E-state index is 0.153. The Morgan fingerprint density at radius 3 is 3.00 bits per heavy atom. The second kappa shape index (κ2) is 7.23. The number of halogens is 1. The first kappa shape index (κ1) is 15.5. The lowest BCUT2D eigenvalue weighted by atomic mass is 9.97. The van der Waals surface area contributed by atoms with Crippen LogP contribution in [0, 0.1) is 5.92 Å². The van der Waals surface area contributed by atoms with Crippen LogP contribution < -0.4 is 5.32 Å². The summed E-state index contributed by atoms with van der Waals surface area (Å²) < 4.78 is 0.957. The Kier molecular flexibility index (Phi) is 5.61. The van der Waals surface area contributed by atoms with Crippen molar-refractivity contribution in [3.63, 3.8) is 0 Å². The van der Waals surface area contributed by atoms with Gasteiger partial charge in [-0.3, -0.25) is 4.79 Å². The number of amides is 1. The van der Waals surface area contributed by atoms with E-state index in [1.165, 1.54) is 6.42 Å². The van der Waals surface area contributed by atoms with Crippen molar-refractivity contribution in [2.24, 2.45) is 5.92 Å². The number of hydrogen-bond acceptors (Lipinski definition) is 2. The highest BCUT2D eigenvalue weighted by molar-refractivity contribution is 9.10. The van der Waals surface area contributed by atoms with Gasteiger partial charge in [-0.15, -0.1) is 0 Å². The van der Waals surface area contributed by atoms with Gasteiger partial charge in [0.1, 0.15) is 0 Å². The quantitative estimate of drug-likeness (QED) is 0.913. The fraction of sp³-hybridized carbons (Fsp3) is 0.562. The van der Waals surface area contributed by atoms with Gasteiger partial charge in [-0.1, -0.05) is 35.8 Å². The van der Waals surface area contributed by atoms with Crippen LogP contribution in [-0.4, -0.2) is 36.5 Å². The summed E-state index contributed by atoms with van der Waals surface area (Å²) in [5.41, 5.74) is 0.775. The molecule has 1 saturated heterocycles. The van der Waals surface area contributed by atoms with Crippen molar-refractivity contribution < 1.29 is 4.79 Å². The van der Waals surface area contributed by atoms with Crippen LogP contribution in [0.25, 0.3) is 0 Å². The molecule has 0 bridgehead atoms. The van der Waals surface area contributed by atoms with Crippen molar-refractivity contribution in [2.75, 3.05) is 19.6 Å². The van der Waals surface area contributed by atoms with Crippen LogP contribution in [0.15, 0.2) is 28.7 Å². The topological polar surface area (TPSA) is 32.3 Å². The van der Waals surface area contributed by atoms with Crippen LogP contribution in [0.3, 0.4) is 0 Å². The summed E-state index contributed by atoms with van der Waals surface area (Å²) in [7, 11) is 0. The lowest BCUT2D eigenvalue weighted by Crippen LogP contribution is -2.43. The molecule has 1 atom stereocenters. The number of likely N-dealkylation sites (tertiary alicyclic amines) is 1. The highest BCUT2D eigenvalue weighted by atomic mass is 79.9. The van der Waals surface area contributed by atoms with Gasteiger partial charge in [-0.25, -0.2) is 0 Å². The van der Waals surface area contributed by atoms with E-state index in [0.29, 0.717) is 12.0 Å². The molecule has 110 valence electrons. The smallest absolute Gasteiger partial charge is 0.253 e. The first-order valence-corrected chi connectivity index (χ1v) is 8.14. The third-order valence-corrected chi connectivity index (χ3v) is 4.19. The van der Waals surface area contributed by atoms with Crippen LogP contribution >= 0.6 is 15.9 Å². The standard InChI is InChI=1S/C16H23BrN2O/c1-12(2)18-10-13-5-4-8-19(11-13)16(20)14-6-3-7-15(17)9-14/h3,6-7,9,12-13,18H,4-5,8,10-11H2,1-2H3. The van der Waals surface area contributed by atoms with Crippen molar-refractivity contribution in [3.05, 3.63) is 34.3 Å². The Morgan fingerprint density at radius 2 is 2.30 bits per heavy atom. The fourth-order valence-corrected chi connectivity index (χ4v) is 3.02. The maximum Gasteiger partial charge on any atom is 0.253 e. The Morgan fingerprint density at radius 1 is 1.50 bits per heavy atom. The molecular weight excluding hydrogens is 316 g/mol. The molecule has 1 N–H and O–H groups in total. The molecule has 0 radical (unpaired) electrons. The lowest BCUT2D eigenvalue weighted by Gasteiger charge is -2.33. The zero-order valence-electron chi connectivity index (χ0n) is 12.2. The van der Waals surface area contributed by atoms with Gasteiger partial charge >= 0.3 is 0 Å². The molecule has 1 amide bonds. The molecule has 1 unspecified atom stereocenters. The molecule has 4 heteroatoms. The number of carbonyl (C=O) groups excluding carboxylic acids is 1. The van der Waals surface area contributed by atoms with Gasteiger partial charge in [0, 0.05) is 29.2 Å². The van der Waals surface area contributed by atoms with Crippen molar-refractivity contribution in [1.29, 1.82) is 0 Å². The summed E-state index contributed by atoms with van der Waals surface area (Å²) in [4.78, 5) is 14.5. The summed E-state index contributed by atoms with van der Waals surface area (Å²) in [5, 5.41) is 3.48. The van der Waals surface area contributed by atoms with E-state index in [4.69, 9.17) is 0 Å². The molecule has 2 rings (SSSR count). The number of benzene rings is 1. The summed E-state index contributed by atoms with van der Waals surface area (Å²) >= 11 is 3.43. The molecule has 0 aliphatic carbocycles. The Bertz CT molecular complexity index is 462. The Balaban J connectivity index is 1.96. The second-order valence-electron chi connectivity index (χ2n) is 5.83. The summed E-state index contributed by atoms with van der Waals surface area (Å²) in [6, 6.07) is 8.16. The number of hydrogen-bond donors (Lipinski definition) is 1. The van der Waals surface area contributed by atoms with E-state index in [2.05, 4.69) is 35.1 Å². The van der Waals surface area contributed by atoms with Gasteiger partial charge < -0.3 is 10.2 Å². The molecule has 1 fully saturated rings. The minimum Gasteiger partial charge on any atom is -0.338 e. The summed E-state index contributed by atoms with van der Waals surface area (Å²) in [6.07, 6.45) is 2.31. The van der Waals surface area contributed by atoms with Crippen LogP contribution in [0.4, 0.5) is 0 Å². The van der Waals surface area contributed by atoms with Crippen molar-refractivity contribution >= 4 is 21.8 Å². The largest absolute Gasteiger partial charge is 0.338 e. The average Bonchev–Trinajstić information content (AvgIpc) is 2.44. The maximum absolute atomic E-state index is 12.5. The van der Waals surface area contributed by atoms with Crippen molar-refractivity contribution in [1.82, 2.24) is 10.2 Å². The molecule has 0 spiro atoms. The second-order valence-corrected chi connectivity index (χ2v) is 6.75. The Hall–Kier alpha value is -0.870. The van der Waals surface area contributed by atoms with Gasteiger partial charge in [0.25, 0.3) is 5.91 Å². The summed E-state index contributed by atoms with van der Waals surface area (Å²) in [5.74, 6) is 0.725. The maximum atomic E-state index is 12.5. The number of piperidine rings is 1. The monoisotopic (exact) mass is 338 g/mol. The normalized spacial score (nSPS) is 19.4. The van der Waals surface area contributed by atoms with Gasteiger partial charge in [-0.2, -0.15) is 0 Å². The third kappa shape index (κ3) is 4.32. The minimum absolute atomic E-state index is 0.153. The molecule has 1 aromatic rings. The SMILES string of the molecule is CC(C)NCC1CCCN(C(=O)c2cccc(Br)c2)C1. The zero-order valence-corrected chi connectivity index (χ0v) is 13.8. The molecule has 0 aromatic heterocycles. The fourth-order valence-electron chi connectivity index (χ4n) is 2.62. The van der Waals surface area contributed by atoms with E-state index in [1.54, 1.807) is 0 Å². The first-order valence-electron chi connectivity index (χ1n) is 7.34. The van der Waals surface area contributed by atoms with E-state index in [1.807, 2.05) is 29.2 Å². The molecular formula is C16H23BrN2O. The van der Waals surface area contributed by atoms with Crippen LogP contribution in [0.5, 0.6) is 0 Å². The number of rotatable bonds is 4. The zero-order chi connectivity index (χ0) is 14.5. The van der Waals surface area contributed by atoms with E-state index in [0.717, 1.165) is 36.1 Å². The van der Waals surface area contributed by atoms with Crippen LogP contribution in [-0.2, 0) is 0 Å². The predicted molar refractivity (Wildman–Crippen MR) is 85.9 cm³/mol. The molecule has 1 aromatic carbocycles. The first-order chi connectivity index (χ1) is 9.56. The van der Waals surface area contributed by atoms with Gasteiger partial charge in [0.15, 0.2) is 0 Å². The molecule has 0 saturated carbocycles. The van der Waals surface area contributed by atoms with E-state index in [9.17, 15) is 4.79 Å². The van der Waals surface area contributed by atoms with Gasteiger partial charge in [0.2, 0.25) is 0 Å². The van der Waals surface area contributed by atoms with Crippen LogP contribution in [0.2, 0.25) is 0 Å². The number of nitrogens with zero attached hydrogens (tertiary/aromatic N) is 1. The lowest BCUT2D eigenvalue weighted by molar-refractivity contribution is 0.0672. The third-order valence-electron chi connectivity index (χ3n) is 3.69. The molecule has 3 nitrogen and oxygen atoms in total. The van der Waals surface area contributed by atoms with E-state index < -0.39 is 0 Å². The molecule has 1 aliphatic rings. The van der Waals surface area contributed by atoms with Gasteiger partial charge in [0.05, 0.1) is 0 Å². The van der Waals surface area contributed by atoms with Crippen molar-refractivity contribution in [2.45, 2.75) is 32.7 Å². The number of nitrogens with one attached hydrogen (secondary N) is 1. The molecule has 20 heavy (non-hydrogen) atoms. The number of carbonyl (C=O) groups is 1.